The average molecular weight is 430 g/mol. The molecule has 0 atom stereocenters. The zero-order valence-corrected chi connectivity index (χ0v) is 14.9. The van der Waals surface area contributed by atoms with E-state index in [9.17, 15) is 22.8 Å². The average Bonchev–Trinajstić information content (AvgIpc) is 2.57. The van der Waals surface area contributed by atoms with Crippen LogP contribution in [-0.2, 0) is 4.79 Å². The SMILES string of the molecule is O=C(CNc1ccccc1C(=O)NCC(F)(F)F)Nc1cccc(Br)c1. The molecule has 0 radical (unpaired) electrons. The van der Waals surface area contributed by atoms with Gasteiger partial charge in [-0.3, -0.25) is 9.59 Å². The van der Waals surface area contributed by atoms with E-state index in [1.807, 2.05) is 6.07 Å². The molecule has 0 spiro atoms. The lowest BCUT2D eigenvalue weighted by Crippen LogP contribution is -2.34. The fourth-order valence-electron chi connectivity index (χ4n) is 2.06. The molecule has 0 saturated heterocycles. The number of carbonyl (C=O) groups is 2. The molecule has 9 heteroatoms. The van der Waals surface area contributed by atoms with Crippen molar-refractivity contribution in [2.75, 3.05) is 23.7 Å². The highest BCUT2D eigenvalue weighted by atomic mass is 79.9. The lowest BCUT2D eigenvalue weighted by Gasteiger charge is -2.13. The van der Waals surface area contributed by atoms with Crippen molar-refractivity contribution in [2.24, 2.45) is 0 Å². The number of anilines is 2. The molecular formula is C17H15BrF3N3O2. The molecule has 3 N–H and O–H groups in total. The molecule has 2 amide bonds. The summed E-state index contributed by atoms with van der Waals surface area (Å²) in [6.45, 7) is -1.58. The second-order valence-corrected chi connectivity index (χ2v) is 6.17. The first-order chi connectivity index (χ1) is 12.2. The van der Waals surface area contributed by atoms with Gasteiger partial charge in [0.1, 0.15) is 6.54 Å². The topological polar surface area (TPSA) is 70.2 Å². The highest BCUT2D eigenvalue weighted by Gasteiger charge is 2.28. The highest BCUT2D eigenvalue weighted by molar-refractivity contribution is 9.10. The number of benzene rings is 2. The molecule has 0 aliphatic rings. The van der Waals surface area contributed by atoms with Crippen molar-refractivity contribution in [3.8, 4) is 0 Å². The van der Waals surface area contributed by atoms with Crippen LogP contribution in [0.2, 0.25) is 0 Å². The third kappa shape index (κ3) is 6.40. The summed E-state index contributed by atoms with van der Waals surface area (Å²) >= 11 is 3.29. The summed E-state index contributed by atoms with van der Waals surface area (Å²) in [6, 6.07) is 13.0. The molecular weight excluding hydrogens is 415 g/mol. The molecule has 0 aliphatic carbocycles. The summed E-state index contributed by atoms with van der Waals surface area (Å²) < 4.78 is 37.5. The first-order valence-corrected chi connectivity index (χ1v) is 8.27. The number of hydrogen-bond donors (Lipinski definition) is 3. The van der Waals surface area contributed by atoms with Crippen LogP contribution in [-0.4, -0.2) is 31.1 Å². The van der Waals surface area contributed by atoms with Gasteiger partial charge in [-0.05, 0) is 30.3 Å². The summed E-state index contributed by atoms with van der Waals surface area (Å²) in [5, 5.41) is 7.23. The van der Waals surface area contributed by atoms with Crippen molar-refractivity contribution >= 4 is 39.1 Å². The predicted molar refractivity (Wildman–Crippen MR) is 96.1 cm³/mol. The van der Waals surface area contributed by atoms with Gasteiger partial charge in [-0.25, -0.2) is 0 Å². The molecule has 0 heterocycles. The summed E-state index contributed by atoms with van der Waals surface area (Å²) in [4.78, 5) is 23.9. The predicted octanol–water partition coefficient (Wildman–Crippen LogP) is 3.79. The monoisotopic (exact) mass is 429 g/mol. The van der Waals surface area contributed by atoms with E-state index in [1.165, 1.54) is 18.2 Å². The van der Waals surface area contributed by atoms with Crippen molar-refractivity contribution in [3.63, 3.8) is 0 Å². The fraction of sp³-hybridized carbons (Fsp3) is 0.176. The normalized spacial score (nSPS) is 10.9. The lowest BCUT2D eigenvalue weighted by atomic mass is 10.1. The van der Waals surface area contributed by atoms with E-state index in [-0.39, 0.29) is 23.7 Å². The number of rotatable bonds is 6. The van der Waals surface area contributed by atoms with Gasteiger partial charge in [0, 0.05) is 15.8 Å². The van der Waals surface area contributed by atoms with Crippen LogP contribution in [0.5, 0.6) is 0 Å². The maximum atomic E-state index is 12.2. The van der Waals surface area contributed by atoms with Crippen molar-refractivity contribution < 1.29 is 22.8 Å². The maximum absolute atomic E-state index is 12.2. The fourth-order valence-corrected chi connectivity index (χ4v) is 2.46. The Labute approximate surface area is 156 Å². The molecule has 2 rings (SSSR count). The van der Waals surface area contributed by atoms with E-state index < -0.39 is 18.6 Å². The Balaban J connectivity index is 1.97. The van der Waals surface area contributed by atoms with Crippen LogP contribution in [0.1, 0.15) is 10.4 Å². The van der Waals surface area contributed by atoms with Crippen LogP contribution in [0.15, 0.2) is 53.0 Å². The molecule has 26 heavy (non-hydrogen) atoms. The van der Waals surface area contributed by atoms with Crippen molar-refractivity contribution in [1.82, 2.24) is 5.32 Å². The van der Waals surface area contributed by atoms with Gasteiger partial charge in [-0.15, -0.1) is 0 Å². The molecule has 2 aromatic carbocycles. The first kappa shape index (κ1) is 19.8. The molecule has 0 fully saturated rings. The Bertz CT molecular complexity index is 797. The molecule has 0 aromatic heterocycles. The van der Waals surface area contributed by atoms with Crippen molar-refractivity contribution in [1.29, 1.82) is 0 Å². The first-order valence-electron chi connectivity index (χ1n) is 7.48. The van der Waals surface area contributed by atoms with Crippen LogP contribution in [0, 0.1) is 0 Å². The van der Waals surface area contributed by atoms with E-state index >= 15 is 0 Å². The second-order valence-electron chi connectivity index (χ2n) is 5.26. The molecule has 2 aromatic rings. The smallest absolute Gasteiger partial charge is 0.376 e. The van der Waals surface area contributed by atoms with Crippen molar-refractivity contribution in [2.45, 2.75) is 6.18 Å². The van der Waals surface area contributed by atoms with E-state index in [0.29, 0.717) is 5.69 Å². The van der Waals surface area contributed by atoms with Crippen LogP contribution in [0.4, 0.5) is 24.5 Å². The second kappa shape index (κ2) is 8.70. The van der Waals surface area contributed by atoms with E-state index in [4.69, 9.17) is 0 Å². The summed E-state index contributed by atoms with van der Waals surface area (Å²) in [7, 11) is 0. The van der Waals surface area contributed by atoms with Gasteiger partial charge in [-0.1, -0.05) is 34.1 Å². The molecule has 138 valence electrons. The third-order valence-corrected chi connectivity index (χ3v) is 3.66. The molecule has 0 unspecified atom stereocenters. The zero-order chi connectivity index (χ0) is 19.2. The van der Waals surface area contributed by atoms with E-state index in [2.05, 4.69) is 26.6 Å². The van der Waals surface area contributed by atoms with Crippen LogP contribution >= 0.6 is 15.9 Å². The Hall–Kier alpha value is -2.55. The number of hydrogen-bond acceptors (Lipinski definition) is 3. The minimum Gasteiger partial charge on any atom is -0.376 e. The number of halogens is 4. The number of nitrogens with one attached hydrogen (secondary N) is 3. The Morgan fingerprint density at radius 1 is 1.04 bits per heavy atom. The van der Waals surface area contributed by atoms with Gasteiger partial charge in [0.2, 0.25) is 5.91 Å². The van der Waals surface area contributed by atoms with Gasteiger partial charge in [0.05, 0.1) is 12.1 Å². The van der Waals surface area contributed by atoms with Crippen LogP contribution in [0.3, 0.4) is 0 Å². The lowest BCUT2D eigenvalue weighted by molar-refractivity contribution is -0.123. The highest BCUT2D eigenvalue weighted by Crippen LogP contribution is 2.18. The quantitative estimate of drug-likeness (QED) is 0.653. The Morgan fingerprint density at radius 3 is 2.46 bits per heavy atom. The van der Waals surface area contributed by atoms with Gasteiger partial charge in [-0.2, -0.15) is 13.2 Å². The van der Waals surface area contributed by atoms with Gasteiger partial charge >= 0.3 is 6.18 Å². The number of amides is 2. The molecule has 0 bridgehead atoms. The maximum Gasteiger partial charge on any atom is 0.405 e. The summed E-state index contributed by atoms with van der Waals surface area (Å²) in [6.07, 6.45) is -4.50. The summed E-state index contributed by atoms with van der Waals surface area (Å²) in [5.74, 6) is -1.24. The zero-order valence-electron chi connectivity index (χ0n) is 13.4. The van der Waals surface area contributed by atoms with E-state index in [1.54, 1.807) is 29.6 Å². The largest absolute Gasteiger partial charge is 0.405 e. The Kier molecular flexibility index (Phi) is 6.62. The minimum absolute atomic E-state index is 0.0204. The summed E-state index contributed by atoms with van der Waals surface area (Å²) in [5.41, 5.74) is 0.867. The third-order valence-electron chi connectivity index (χ3n) is 3.17. The van der Waals surface area contributed by atoms with Gasteiger partial charge < -0.3 is 16.0 Å². The number of carbonyl (C=O) groups excluding carboxylic acids is 2. The molecule has 5 nitrogen and oxygen atoms in total. The number of para-hydroxylation sites is 1. The molecule has 0 aliphatic heterocycles. The van der Waals surface area contributed by atoms with Crippen LogP contribution < -0.4 is 16.0 Å². The van der Waals surface area contributed by atoms with Gasteiger partial charge in [0.15, 0.2) is 0 Å². The van der Waals surface area contributed by atoms with Crippen molar-refractivity contribution in [3.05, 3.63) is 58.6 Å². The Morgan fingerprint density at radius 2 is 1.77 bits per heavy atom. The molecule has 0 saturated carbocycles. The minimum atomic E-state index is -4.50. The van der Waals surface area contributed by atoms with Crippen LogP contribution in [0.25, 0.3) is 0 Å². The van der Waals surface area contributed by atoms with Gasteiger partial charge in [0.25, 0.3) is 5.91 Å². The standard InChI is InChI=1S/C17H15BrF3N3O2/c18-11-4-3-5-12(8-11)24-15(25)9-22-14-7-2-1-6-13(14)16(26)23-10-17(19,20)21/h1-8,22H,9-10H2,(H,23,26)(H,24,25). The van der Waals surface area contributed by atoms with E-state index in [0.717, 1.165) is 4.47 Å². The number of alkyl halides is 3.